The minimum Gasteiger partial charge on any atom is -0.481 e. The van der Waals surface area contributed by atoms with Gasteiger partial charge in [0.2, 0.25) is 5.88 Å². The van der Waals surface area contributed by atoms with E-state index in [1.165, 1.54) is 0 Å². The molecule has 0 unspecified atom stereocenters. The molecule has 2 N–H and O–H groups in total. The maximum atomic E-state index is 5.96. The number of hydrogen-bond acceptors (Lipinski definition) is 6. The van der Waals surface area contributed by atoms with E-state index in [1.807, 2.05) is 12.1 Å². The minimum atomic E-state index is 0.546. The summed E-state index contributed by atoms with van der Waals surface area (Å²) in [5.74, 6) is 3.45. The Hall–Kier alpha value is -1.82. The van der Waals surface area contributed by atoms with Crippen LogP contribution in [0.4, 0.5) is 5.82 Å². The van der Waals surface area contributed by atoms with Gasteiger partial charge in [0.25, 0.3) is 0 Å². The average Bonchev–Trinajstić information content (AvgIpc) is 2.87. The third kappa shape index (κ3) is 1.88. The molecule has 1 aliphatic rings. The third-order valence-electron chi connectivity index (χ3n) is 2.77. The van der Waals surface area contributed by atoms with Crippen LogP contribution in [0, 0.1) is 0 Å². The summed E-state index contributed by atoms with van der Waals surface area (Å²) in [4.78, 5) is 13.2. The van der Waals surface area contributed by atoms with Crippen molar-refractivity contribution in [3.05, 3.63) is 29.5 Å². The number of ether oxygens (including phenoxy) is 1. The van der Waals surface area contributed by atoms with Gasteiger partial charge in [0.15, 0.2) is 5.82 Å². The number of nitrogens with zero attached hydrogens (tertiary/aromatic N) is 3. The van der Waals surface area contributed by atoms with Crippen molar-refractivity contribution in [2.24, 2.45) is 0 Å². The van der Waals surface area contributed by atoms with Crippen molar-refractivity contribution < 1.29 is 4.74 Å². The Kier molecular flexibility index (Phi) is 2.79. The molecule has 6 heteroatoms. The molecule has 18 heavy (non-hydrogen) atoms. The van der Waals surface area contributed by atoms with Crippen LogP contribution in [0.5, 0.6) is 5.88 Å². The maximum absolute atomic E-state index is 5.96. The summed E-state index contributed by atoms with van der Waals surface area (Å²) >= 11 is 1.80. The predicted molar refractivity (Wildman–Crippen MR) is 71.2 cm³/mol. The standard InChI is InChI=1S/C12H12N4OS/c1-17-10-4-2-3-8(14-10)12-15-9-6-18-5-7(9)11(13)16-12/h2-4H,5-6H2,1H3,(H2,13,15,16). The zero-order valence-electron chi connectivity index (χ0n) is 9.88. The van der Waals surface area contributed by atoms with Gasteiger partial charge < -0.3 is 10.5 Å². The van der Waals surface area contributed by atoms with E-state index in [9.17, 15) is 0 Å². The molecule has 92 valence electrons. The fourth-order valence-electron chi connectivity index (χ4n) is 1.84. The van der Waals surface area contributed by atoms with E-state index in [2.05, 4.69) is 15.0 Å². The van der Waals surface area contributed by atoms with Crippen molar-refractivity contribution >= 4 is 17.6 Å². The molecular formula is C12H12N4OS. The molecule has 0 amide bonds. The van der Waals surface area contributed by atoms with Crippen molar-refractivity contribution in [3.63, 3.8) is 0 Å². The predicted octanol–water partition coefficient (Wildman–Crippen LogP) is 1.88. The maximum Gasteiger partial charge on any atom is 0.213 e. The number of thioether (sulfide) groups is 1. The molecule has 0 radical (unpaired) electrons. The van der Waals surface area contributed by atoms with E-state index in [0.29, 0.717) is 23.2 Å². The molecule has 1 aliphatic heterocycles. The van der Waals surface area contributed by atoms with Crippen LogP contribution in [0.3, 0.4) is 0 Å². The van der Waals surface area contributed by atoms with Gasteiger partial charge in [0.1, 0.15) is 11.5 Å². The highest BCUT2D eigenvalue weighted by Crippen LogP contribution is 2.32. The van der Waals surface area contributed by atoms with Gasteiger partial charge in [-0.1, -0.05) is 6.07 Å². The normalized spacial score (nSPS) is 13.4. The number of nitrogen functional groups attached to an aromatic ring is 1. The van der Waals surface area contributed by atoms with Crippen molar-refractivity contribution in [1.29, 1.82) is 0 Å². The summed E-state index contributed by atoms with van der Waals surface area (Å²) in [5, 5.41) is 0. The summed E-state index contributed by atoms with van der Waals surface area (Å²) in [6.45, 7) is 0. The molecule has 3 rings (SSSR count). The summed E-state index contributed by atoms with van der Waals surface area (Å²) in [6, 6.07) is 5.50. The van der Waals surface area contributed by atoms with Crippen molar-refractivity contribution in [2.75, 3.05) is 12.8 Å². The SMILES string of the molecule is COc1cccc(-c2nc(N)c3c(n2)CSC3)n1. The molecule has 0 saturated heterocycles. The van der Waals surface area contributed by atoms with Gasteiger partial charge in [0, 0.05) is 23.1 Å². The molecule has 0 spiro atoms. The lowest BCUT2D eigenvalue weighted by Crippen LogP contribution is -2.03. The molecular weight excluding hydrogens is 248 g/mol. The van der Waals surface area contributed by atoms with Crippen LogP contribution in [0.1, 0.15) is 11.3 Å². The molecule has 0 aromatic carbocycles. The zero-order valence-corrected chi connectivity index (χ0v) is 10.7. The van der Waals surface area contributed by atoms with Crippen LogP contribution in [0.15, 0.2) is 18.2 Å². The number of anilines is 1. The second-order valence-corrected chi connectivity index (χ2v) is 4.90. The van der Waals surface area contributed by atoms with Gasteiger partial charge in [-0.2, -0.15) is 11.8 Å². The summed E-state index contributed by atoms with van der Waals surface area (Å²) < 4.78 is 5.10. The first-order valence-corrected chi connectivity index (χ1v) is 6.68. The number of fused-ring (bicyclic) bond motifs is 1. The van der Waals surface area contributed by atoms with E-state index >= 15 is 0 Å². The van der Waals surface area contributed by atoms with E-state index in [1.54, 1.807) is 24.9 Å². The van der Waals surface area contributed by atoms with E-state index in [-0.39, 0.29) is 0 Å². The van der Waals surface area contributed by atoms with Crippen LogP contribution >= 0.6 is 11.8 Å². The van der Waals surface area contributed by atoms with Crippen LogP contribution in [0.25, 0.3) is 11.5 Å². The van der Waals surface area contributed by atoms with E-state index in [0.717, 1.165) is 22.8 Å². The molecule has 5 nitrogen and oxygen atoms in total. The average molecular weight is 260 g/mol. The quantitative estimate of drug-likeness (QED) is 0.888. The highest BCUT2D eigenvalue weighted by Gasteiger charge is 2.19. The van der Waals surface area contributed by atoms with Crippen molar-refractivity contribution in [3.8, 4) is 17.4 Å². The van der Waals surface area contributed by atoms with Crippen molar-refractivity contribution in [1.82, 2.24) is 15.0 Å². The van der Waals surface area contributed by atoms with Gasteiger partial charge in [-0.05, 0) is 6.07 Å². The molecule has 2 aromatic heterocycles. The molecule has 0 aliphatic carbocycles. The first kappa shape index (κ1) is 11.3. The Bertz CT molecular complexity index is 603. The van der Waals surface area contributed by atoms with Crippen LogP contribution < -0.4 is 10.5 Å². The van der Waals surface area contributed by atoms with Gasteiger partial charge in [-0.25, -0.2) is 15.0 Å². The highest BCUT2D eigenvalue weighted by molar-refractivity contribution is 7.98. The first-order valence-electron chi connectivity index (χ1n) is 5.52. The number of rotatable bonds is 2. The molecule has 0 atom stereocenters. The molecule has 3 heterocycles. The highest BCUT2D eigenvalue weighted by atomic mass is 32.2. The van der Waals surface area contributed by atoms with Crippen LogP contribution in [0.2, 0.25) is 0 Å². The Balaban J connectivity index is 2.09. The molecule has 0 bridgehead atoms. The van der Waals surface area contributed by atoms with Gasteiger partial charge in [-0.3, -0.25) is 0 Å². The number of hydrogen-bond donors (Lipinski definition) is 1. The van der Waals surface area contributed by atoms with E-state index < -0.39 is 0 Å². The fourth-order valence-corrected chi connectivity index (χ4v) is 2.90. The second-order valence-electron chi connectivity index (χ2n) is 3.92. The van der Waals surface area contributed by atoms with Crippen LogP contribution in [-0.2, 0) is 11.5 Å². The Morgan fingerprint density at radius 3 is 2.94 bits per heavy atom. The lowest BCUT2D eigenvalue weighted by molar-refractivity contribution is 0.398. The topological polar surface area (TPSA) is 73.9 Å². The van der Waals surface area contributed by atoms with Crippen molar-refractivity contribution in [2.45, 2.75) is 11.5 Å². The molecule has 0 saturated carbocycles. The summed E-state index contributed by atoms with van der Waals surface area (Å²) in [5.41, 5.74) is 8.72. The number of nitrogens with two attached hydrogens (primary N) is 1. The fraction of sp³-hybridized carbons (Fsp3) is 0.250. The second kappa shape index (κ2) is 4.45. The largest absolute Gasteiger partial charge is 0.481 e. The van der Waals surface area contributed by atoms with Gasteiger partial charge in [0.05, 0.1) is 12.8 Å². The minimum absolute atomic E-state index is 0.546. The number of pyridine rings is 1. The van der Waals surface area contributed by atoms with Crippen LogP contribution in [-0.4, -0.2) is 22.1 Å². The Labute approximate surface area is 109 Å². The number of methoxy groups -OCH3 is 1. The molecule has 0 fully saturated rings. The lowest BCUT2D eigenvalue weighted by Gasteiger charge is -2.06. The summed E-state index contributed by atoms with van der Waals surface area (Å²) in [7, 11) is 1.58. The Morgan fingerprint density at radius 1 is 1.22 bits per heavy atom. The summed E-state index contributed by atoms with van der Waals surface area (Å²) in [6.07, 6.45) is 0. The monoisotopic (exact) mass is 260 g/mol. The van der Waals surface area contributed by atoms with Gasteiger partial charge >= 0.3 is 0 Å². The zero-order chi connectivity index (χ0) is 12.5. The molecule has 2 aromatic rings. The first-order chi connectivity index (χ1) is 8.78. The number of aromatic nitrogens is 3. The smallest absolute Gasteiger partial charge is 0.213 e. The Morgan fingerprint density at radius 2 is 2.11 bits per heavy atom. The van der Waals surface area contributed by atoms with E-state index in [4.69, 9.17) is 10.5 Å². The lowest BCUT2D eigenvalue weighted by atomic mass is 10.2. The van der Waals surface area contributed by atoms with Gasteiger partial charge in [-0.15, -0.1) is 0 Å². The third-order valence-corrected chi connectivity index (χ3v) is 3.74.